The van der Waals surface area contributed by atoms with Crippen molar-refractivity contribution < 1.29 is 8.42 Å². The summed E-state index contributed by atoms with van der Waals surface area (Å²) < 4.78 is 27.4. The monoisotopic (exact) mass is 345 g/mol. The lowest BCUT2D eigenvalue weighted by Gasteiger charge is -2.09. The molecule has 0 aliphatic rings. The van der Waals surface area contributed by atoms with E-state index in [1.54, 1.807) is 12.3 Å². The zero-order valence-corrected chi connectivity index (χ0v) is 14.7. The largest absolute Gasteiger partial charge is 0.310 e. The molecule has 0 bridgehead atoms. The molecule has 5 nitrogen and oxygen atoms in total. The average molecular weight is 346 g/mol. The third-order valence-electron chi connectivity index (χ3n) is 2.77. The predicted octanol–water partition coefficient (Wildman–Crippen LogP) is 2.49. The van der Waals surface area contributed by atoms with Crippen LogP contribution in [0.2, 0.25) is 0 Å². The van der Waals surface area contributed by atoms with Gasteiger partial charge < -0.3 is 5.32 Å². The van der Waals surface area contributed by atoms with Gasteiger partial charge in [-0.25, -0.2) is 18.1 Å². The van der Waals surface area contributed by atoms with Crippen molar-refractivity contribution in [1.82, 2.24) is 15.0 Å². The van der Waals surface area contributed by atoms with Gasteiger partial charge in [0.05, 0.1) is 9.90 Å². The SMILES string of the molecule is Cc1ncc(CNS(=O)(=O)c2ccsc2CNC(C)C)s1. The molecule has 0 saturated heterocycles. The Hall–Kier alpha value is -0.800. The Morgan fingerprint density at radius 3 is 2.71 bits per heavy atom. The van der Waals surface area contributed by atoms with Gasteiger partial charge in [-0.05, 0) is 18.4 Å². The van der Waals surface area contributed by atoms with E-state index in [1.165, 1.54) is 22.7 Å². The Labute approximate surface area is 133 Å². The molecule has 0 saturated carbocycles. The minimum atomic E-state index is -3.49. The minimum absolute atomic E-state index is 0.279. The molecular weight excluding hydrogens is 326 g/mol. The van der Waals surface area contributed by atoms with Gasteiger partial charge >= 0.3 is 0 Å². The van der Waals surface area contributed by atoms with Crippen LogP contribution in [0.25, 0.3) is 0 Å². The first kappa shape index (κ1) is 16.6. The first-order chi connectivity index (χ1) is 9.88. The molecule has 0 radical (unpaired) electrons. The number of hydrogen-bond donors (Lipinski definition) is 2. The number of aromatic nitrogens is 1. The smallest absolute Gasteiger partial charge is 0.242 e. The number of nitrogens with one attached hydrogen (secondary N) is 2. The molecule has 8 heteroatoms. The van der Waals surface area contributed by atoms with Crippen molar-refractivity contribution in [2.45, 2.75) is 44.8 Å². The van der Waals surface area contributed by atoms with Crippen LogP contribution in [0.4, 0.5) is 0 Å². The molecule has 2 N–H and O–H groups in total. The van der Waals surface area contributed by atoms with Gasteiger partial charge in [0.2, 0.25) is 10.0 Å². The molecule has 2 heterocycles. The van der Waals surface area contributed by atoms with Crippen LogP contribution in [0.5, 0.6) is 0 Å². The van der Waals surface area contributed by atoms with Gasteiger partial charge in [0, 0.05) is 35.1 Å². The fourth-order valence-corrected chi connectivity index (χ4v) is 4.95. The molecule has 2 rings (SSSR count). The van der Waals surface area contributed by atoms with Crippen LogP contribution < -0.4 is 10.0 Å². The van der Waals surface area contributed by atoms with Crippen LogP contribution in [0.15, 0.2) is 22.5 Å². The molecule has 21 heavy (non-hydrogen) atoms. The number of thiazole rings is 1. The zero-order chi connectivity index (χ0) is 15.5. The summed E-state index contributed by atoms with van der Waals surface area (Å²) in [7, 11) is -3.49. The molecule has 2 aromatic heterocycles. The normalized spacial score (nSPS) is 12.2. The van der Waals surface area contributed by atoms with E-state index in [0.29, 0.717) is 17.5 Å². The summed E-state index contributed by atoms with van der Waals surface area (Å²) in [6.07, 6.45) is 1.71. The van der Waals surface area contributed by atoms with Crippen molar-refractivity contribution in [1.29, 1.82) is 0 Å². The topological polar surface area (TPSA) is 71.1 Å². The number of sulfonamides is 1. The molecule has 0 amide bonds. The Morgan fingerprint density at radius 2 is 2.10 bits per heavy atom. The molecule has 0 aliphatic heterocycles. The quantitative estimate of drug-likeness (QED) is 0.809. The van der Waals surface area contributed by atoms with Crippen molar-refractivity contribution in [3.63, 3.8) is 0 Å². The number of aryl methyl sites for hydroxylation is 1. The molecule has 0 atom stereocenters. The van der Waals surface area contributed by atoms with Gasteiger partial charge in [-0.3, -0.25) is 0 Å². The highest BCUT2D eigenvalue weighted by molar-refractivity contribution is 7.89. The van der Waals surface area contributed by atoms with Crippen LogP contribution in [0.3, 0.4) is 0 Å². The van der Waals surface area contributed by atoms with Crippen molar-refractivity contribution >= 4 is 32.7 Å². The van der Waals surface area contributed by atoms with Crippen molar-refractivity contribution in [3.8, 4) is 0 Å². The summed E-state index contributed by atoms with van der Waals surface area (Å²) in [5.41, 5.74) is 0. The summed E-state index contributed by atoms with van der Waals surface area (Å²) >= 11 is 2.95. The molecule has 116 valence electrons. The van der Waals surface area contributed by atoms with Crippen LogP contribution in [-0.4, -0.2) is 19.4 Å². The summed E-state index contributed by atoms with van der Waals surface area (Å²) in [5.74, 6) is 0. The van der Waals surface area contributed by atoms with Gasteiger partial charge in [-0.15, -0.1) is 22.7 Å². The van der Waals surface area contributed by atoms with Crippen LogP contribution in [-0.2, 0) is 23.1 Å². The van der Waals surface area contributed by atoms with E-state index in [1.807, 2.05) is 26.2 Å². The van der Waals surface area contributed by atoms with E-state index >= 15 is 0 Å². The molecular formula is C13H19N3O2S3. The maximum Gasteiger partial charge on any atom is 0.242 e. The first-order valence-corrected chi connectivity index (χ1v) is 9.77. The lowest BCUT2D eigenvalue weighted by atomic mass is 10.4. The van der Waals surface area contributed by atoms with Gasteiger partial charge in [-0.1, -0.05) is 13.8 Å². The maximum absolute atomic E-state index is 12.4. The van der Waals surface area contributed by atoms with E-state index in [4.69, 9.17) is 0 Å². The van der Waals surface area contributed by atoms with Gasteiger partial charge in [0.25, 0.3) is 0 Å². The number of thiophene rings is 1. The first-order valence-electron chi connectivity index (χ1n) is 6.59. The summed E-state index contributed by atoms with van der Waals surface area (Å²) in [4.78, 5) is 6.23. The summed E-state index contributed by atoms with van der Waals surface area (Å²) in [6, 6.07) is 1.97. The highest BCUT2D eigenvalue weighted by atomic mass is 32.2. The lowest BCUT2D eigenvalue weighted by molar-refractivity contribution is 0.572. The van der Waals surface area contributed by atoms with E-state index < -0.39 is 10.0 Å². The number of hydrogen-bond acceptors (Lipinski definition) is 6. The second-order valence-electron chi connectivity index (χ2n) is 4.91. The fourth-order valence-electron chi connectivity index (χ4n) is 1.72. The third-order valence-corrected chi connectivity index (χ3v) is 6.22. The standard InChI is InChI=1S/C13H19N3O2S3/c1-9(2)14-8-12-13(4-5-19-12)21(17,18)16-7-11-6-15-10(3)20-11/h4-6,9,14,16H,7-8H2,1-3H3. The molecule has 0 spiro atoms. The predicted molar refractivity (Wildman–Crippen MR) is 87.2 cm³/mol. The number of nitrogens with zero attached hydrogens (tertiary/aromatic N) is 1. The van der Waals surface area contributed by atoms with Crippen molar-refractivity contribution in [2.24, 2.45) is 0 Å². The van der Waals surface area contributed by atoms with Gasteiger partial charge in [0.15, 0.2) is 0 Å². The Kier molecular flexibility index (Phi) is 5.50. The van der Waals surface area contributed by atoms with Crippen LogP contribution in [0, 0.1) is 6.92 Å². The van der Waals surface area contributed by atoms with Crippen molar-refractivity contribution in [3.05, 3.63) is 32.4 Å². The fraction of sp³-hybridized carbons (Fsp3) is 0.462. The molecule has 0 aromatic carbocycles. The van der Waals surface area contributed by atoms with Crippen molar-refractivity contribution in [2.75, 3.05) is 0 Å². The van der Waals surface area contributed by atoms with Gasteiger partial charge in [-0.2, -0.15) is 0 Å². The van der Waals surface area contributed by atoms with Crippen LogP contribution >= 0.6 is 22.7 Å². The van der Waals surface area contributed by atoms with E-state index in [9.17, 15) is 8.42 Å². The Morgan fingerprint density at radius 1 is 1.33 bits per heavy atom. The second kappa shape index (κ2) is 6.97. The zero-order valence-electron chi connectivity index (χ0n) is 12.2. The molecule has 0 aliphatic carbocycles. The van der Waals surface area contributed by atoms with E-state index in [2.05, 4.69) is 15.0 Å². The van der Waals surface area contributed by atoms with Crippen LogP contribution in [0.1, 0.15) is 28.6 Å². The number of rotatable bonds is 7. The highest BCUT2D eigenvalue weighted by Crippen LogP contribution is 2.22. The summed E-state index contributed by atoms with van der Waals surface area (Å²) in [5, 5.41) is 5.99. The second-order valence-corrected chi connectivity index (χ2v) is 8.97. The lowest BCUT2D eigenvalue weighted by Crippen LogP contribution is -2.26. The third kappa shape index (κ3) is 4.58. The van der Waals surface area contributed by atoms with E-state index in [0.717, 1.165) is 14.8 Å². The molecule has 0 unspecified atom stereocenters. The van der Waals surface area contributed by atoms with Gasteiger partial charge in [0.1, 0.15) is 0 Å². The molecule has 0 fully saturated rings. The van der Waals surface area contributed by atoms with E-state index in [-0.39, 0.29) is 6.54 Å². The average Bonchev–Trinajstić information content (AvgIpc) is 3.03. The Balaban J connectivity index is 2.07. The minimum Gasteiger partial charge on any atom is -0.310 e. The Bertz CT molecular complexity index is 689. The highest BCUT2D eigenvalue weighted by Gasteiger charge is 2.19. The maximum atomic E-state index is 12.4. The summed E-state index contributed by atoms with van der Waals surface area (Å²) in [6.45, 7) is 6.81. The molecule has 2 aromatic rings.